The molecule has 8 aliphatic rings. The summed E-state index contributed by atoms with van der Waals surface area (Å²) in [4.78, 5) is 9.95. The highest BCUT2D eigenvalue weighted by molar-refractivity contribution is 7.60. The average molecular weight is 593 g/mol. The van der Waals surface area contributed by atoms with Gasteiger partial charge in [0.1, 0.15) is 0 Å². The fourth-order valence-corrected chi connectivity index (χ4v) is 18.2. The van der Waals surface area contributed by atoms with E-state index in [2.05, 4.69) is 57.8 Å². The fourth-order valence-electron chi connectivity index (χ4n) is 12.4. The molecule has 0 spiro atoms. The van der Waals surface area contributed by atoms with Crippen molar-refractivity contribution in [2.45, 2.75) is 98.7 Å². The number of aromatic nitrogens is 2. The molecule has 0 amide bonds. The molecule has 218 valence electrons. The first-order valence-corrected chi connectivity index (χ1v) is 19.1. The van der Waals surface area contributed by atoms with Crippen LogP contribution >= 0.6 is 17.2 Å². The molecular weight excluding hydrogens is 546 g/mol. The maximum absolute atomic E-state index is 4.98. The van der Waals surface area contributed by atoms with Crippen LogP contribution in [0.3, 0.4) is 0 Å². The minimum Gasteiger partial charge on any atom is -0.260 e. The van der Waals surface area contributed by atoms with E-state index in [4.69, 9.17) is 9.97 Å². The number of rotatable bonds is 7. The van der Waals surface area contributed by atoms with Gasteiger partial charge < -0.3 is 0 Å². The van der Waals surface area contributed by atoms with Crippen LogP contribution in [0.1, 0.15) is 99.6 Å². The number of pyridine rings is 2. The Balaban J connectivity index is 1.19. The van der Waals surface area contributed by atoms with Crippen molar-refractivity contribution >= 4 is 17.2 Å². The summed E-state index contributed by atoms with van der Waals surface area (Å²) in [6, 6.07) is 22.3. The molecule has 0 N–H and O–H groups in total. The van der Waals surface area contributed by atoms with Crippen molar-refractivity contribution in [2.24, 2.45) is 35.5 Å². The van der Waals surface area contributed by atoms with E-state index >= 15 is 0 Å². The second-order valence-corrected chi connectivity index (χ2v) is 19.7. The van der Waals surface area contributed by atoms with E-state index in [0.717, 1.165) is 46.9 Å². The van der Waals surface area contributed by atoms with Crippen LogP contribution in [0.15, 0.2) is 73.1 Å². The Morgan fingerprint density at radius 2 is 1.00 bits per heavy atom. The molecule has 1 aromatic carbocycles. The number of nitrogens with zero attached hydrogens (tertiary/aromatic N) is 2. The summed E-state index contributed by atoms with van der Waals surface area (Å²) in [7, 11) is 3.13. The van der Waals surface area contributed by atoms with Gasteiger partial charge in [-0.25, -0.2) is 0 Å². The van der Waals surface area contributed by atoms with Gasteiger partial charge >= 0.3 is 0 Å². The highest BCUT2D eigenvalue weighted by atomic mass is 31.1. The standard InChI is InChI=1S/C38H46N2P2/c41-38(34-9-3-5-11-39-34,35-10-4-6-12-40-35)33-8-2-1-7-32(33)25-42(36-19-26-13-27(20-36)15-28(14-26)21-36)37-22-29-16-30(23-37)18-31(17-29)24-37/h1-12,26-31H,13-25,41H2. The lowest BCUT2D eigenvalue weighted by Gasteiger charge is -2.67. The lowest BCUT2D eigenvalue weighted by molar-refractivity contribution is 0.0184. The van der Waals surface area contributed by atoms with Crippen LogP contribution in [0.4, 0.5) is 0 Å². The van der Waals surface area contributed by atoms with Gasteiger partial charge in [0.05, 0.1) is 16.5 Å². The Labute approximate surface area is 256 Å². The van der Waals surface area contributed by atoms with E-state index < -0.39 is 5.16 Å². The summed E-state index contributed by atoms with van der Waals surface area (Å²) in [5.74, 6) is 6.13. The SMILES string of the molecule is PC(c1ccccn1)(c1ccccn1)c1ccccc1CP(C12CC3CC(CC(C3)C1)C2)C12CC3CC(CC(C3)C1)C2. The summed E-state index contributed by atoms with van der Waals surface area (Å²) < 4.78 is 0. The minimum atomic E-state index is -0.455. The smallest absolute Gasteiger partial charge is 0.0935 e. The third-order valence-electron chi connectivity index (χ3n) is 13.1. The van der Waals surface area contributed by atoms with Gasteiger partial charge in [0.2, 0.25) is 0 Å². The minimum absolute atomic E-state index is 0.136. The summed E-state index contributed by atoms with van der Waals surface area (Å²) in [5, 5.41) is 0.799. The van der Waals surface area contributed by atoms with Crippen LogP contribution in [-0.4, -0.2) is 20.3 Å². The van der Waals surface area contributed by atoms with Crippen molar-refractivity contribution in [3.8, 4) is 0 Å². The van der Waals surface area contributed by atoms with Gasteiger partial charge in [-0.3, -0.25) is 9.97 Å². The Kier molecular flexibility index (Phi) is 6.33. The summed E-state index contributed by atoms with van der Waals surface area (Å²) in [6.07, 6.45) is 23.9. The molecule has 2 nitrogen and oxygen atoms in total. The van der Waals surface area contributed by atoms with E-state index in [0.29, 0.717) is 10.3 Å². The molecule has 0 saturated heterocycles. The van der Waals surface area contributed by atoms with Gasteiger partial charge in [-0.05, 0) is 164 Å². The average Bonchev–Trinajstić information content (AvgIpc) is 2.99. The van der Waals surface area contributed by atoms with E-state index in [9.17, 15) is 0 Å². The predicted molar refractivity (Wildman–Crippen MR) is 177 cm³/mol. The van der Waals surface area contributed by atoms with Crippen molar-refractivity contribution in [3.05, 3.63) is 95.6 Å². The second kappa shape index (κ2) is 9.94. The molecule has 8 bridgehead atoms. The van der Waals surface area contributed by atoms with Gasteiger partial charge in [-0.2, -0.15) is 0 Å². The van der Waals surface area contributed by atoms with Crippen molar-refractivity contribution in [2.75, 3.05) is 0 Å². The second-order valence-electron chi connectivity index (χ2n) is 15.8. The first-order valence-electron chi connectivity index (χ1n) is 17.0. The molecule has 8 saturated carbocycles. The highest BCUT2D eigenvalue weighted by Gasteiger charge is 2.62. The summed E-state index contributed by atoms with van der Waals surface area (Å²) >= 11 is 0. The Bertz CT molecular complexity index is 1300. The van der Waals surface area contributed by atoms with E-state index in [1.807, 2.05) is 24.5 Å². The molecule has 4 heteroatoms. The Morgan fingerprint density at radius 1 is 0.595 bits per heavy atom. The van der Waals surface area contributed by atoms with Crippen LogP contribution in [0.25, 0.3) is 0 Å². The third kappa shape index (κ3) is 4.17. The van der Waals surface area contributed by atoms with Gasteiger partial charge in [0, 0.05) is 12.4 Å². The zero-order valence-corrected chi connectivity index (χ0v) is 27.1. The van der Waals surface area contributed by atoms with Crippen LogP contribution in [0.5, 0.6) is 0 Å². The molecule has 0 aliphatic heterocycles. The molecule has 11 rings (SSSR count). The topological polar surface area (TPSA) is 25.8 Å². The Morgan fingerprint density at radius 3 is 1.40 bits per heavy atom. The molecule has 0 radical (unpaired) electrons. The summed E-state index contributed by atoms with van der Waals surface area (Å²) in [6.45, 7) is 0. The fraction of sp³-hybridized carbons (Fsp3) is 0.579. The van der Waals surface area contributed by atoms with E-state index in [-0.39, 0.29) is 7.92 Å². The van der Waals surface area contributed by atoms with Crippen LogP contribution in [-0.2, 0) is 11.3 Å². The lowest BCUT2D eigenvalue weighted by Crippen LogP contribution is -2.56. The lowest BCUT2D eigenvalue weighted by atomic mass is 9.55. The number of hydrogen-bond donors (Lipinski definition) is 0. The number of hydrogen-bond acceptors (Lipinski definition) is 2. The molecule has 1 unspecified atom stereocenters. The molecule has 8 aliphatic carbocycles. The monoisotopic (exact) mass is 592 g/mol. The Hall–Kier alpha value is -1.62. The zero-order valence-electron chi connectivity index (χ0n) is 25.0. The molecule has 2 aromatic heterocycles. The molecule has 3 aromatic rings. The largest absolute Gasteiger partial charge is 0.260 e. The maximum Gasteiger partial charge on any atom is 0.0935 e. The van der Waals surface area contributed by atoms with E-state index in [1.165, 1.54) is 11.7 Å². The molecule has 2 heterocycles. The van der Waals surface area contributed by atoms with Crippen LogP contribution in [0, 0.1) is 35.5 Å². The molecule has 1 atom stereocenters. The quantitative estimate of drug-likeness (QED) is 0.255. The van der Waals surface area contributed by atoms with Crippen molar-refractivity contribution < 1.29 is 0 Å². The molecule has 42 heavy (non-hydrogen) atoms. The van der Waals surface area contributed by atoms with Crippen LogP contribution < -0.4 is 0 Å². The molecule has 8 fully saturated rings. The first kappa shape index (κ1) is 26.8. The van der Waals surface area contributed by atoms with Gasteiger partial charge in [-0.15, -0.1) is 9.24 Å². The van der Waals surface area contributed by atoms with Crippen LogP contribution in [0.2, 0.25) is 0 Å². The normalized spacial score (nSPS) is 38.6. The first-order chi connectivity index (χ1) is 20.5. The van der Waals surface area contributed by atoms with Crippen molar-refractivity contribution in [1.29, 1.82) is 0 Å². The van der Waals surface area contributed by atoms with Gasteiger partial charge in [0.25, 0.3) is 0 Å². The summed E-state index contributed by atoms with van der Waals surface area (Å²) in [5.41, 5.74) is 5.15. The van der Waals surface area contributed by atoms with E-state index in [1.54, 1.807) is 82.6 Å². The highest BCUT2D eigenvalue weighted by Crippen LogP contribution is 2.79. The van der Waals surface area contributed by atoms with Crippen molar-refractivity contribution in [1.82, 2.24) is 9.97 Å². The number of benzene rings is 1. The maximum atomic E-state index is 4.98. The van der Waals surface area contributed by atoms with Crippen molar-refractivity contribution in [3.63, 3.8) is 0 Å². The zero-order chi connectivity index (χ0) is 27.9. The predicted octanol–water partition coefficient (Wildman–Crippen LogP) is 9.56. The molecular formula is C38H46N2P2. The van der Waals surface area contributed by atoms with Gasteiger partial charge in [-0.1, -0.05) is 44.3 Å². The van der Waals surface area contributed by atoms with Gasteiger partial charge in [0.15, 0.2) is 0 Å². The third-order valence-corrected chi connectivity index (χ3v) is 18.0.